The summed E-state index contributed by atoms with van der Waals surface area (Å²) in [4.78, 5) is 9.66. The minimum Gasteiger partial charge on any atom is -0.341 e. The lowest BCUT2D eigenvalue weighted by atomic mass is 9.72. The minimum atomic E-state index is 0.405. The number of hydrogen-bond acceptors (Lipinski definition) is 1. The predicted octanol–water partition coefficient (Wildman–Crippen LogP) is 7.63. The third-order valence-electron chi connectivity index (χ3n) is 7.82. The zero-order valence-corrected chi connectivity index (χ0v) is 22.9. The van der Waals surface area contributed by atoms with Gasteiger partial charge in [-0.3, -0.25) is 4.99 Å². The van der Waals surface area contributed by atoms with Gasteiger partial charge in [0.2, 0.25) is 0 Å². The van der Waals surface area contributed by atoms with Crippen LogP contribution in [0.4, 0.5) is 0 Å². The highest BCUT2D eigenvalue weighted by Crippen LogP contribution is 2.39. The fraction of sp³-hybridized carbons (Fsp3) is 0.893. The molecule has 31 heavy (non-hydrogen) atoms. The zero-order chi connectivity index (χ0) is 23.9. The normalized spacial score (nSPS) is 18.2. The summed E-state index contributed by atoms with van der Waals surface area (Å²) in [5, 5.41) is 0. The molecule has 0 N–H and O–H groups in total. The van der Waals surface area contributed by atoms with Gasteiger partial charge in [-0.15, -0.1) is 0 Å². The monoisotopic (exact) mass is 433 g/mol. The van der Waals surface area contributed by atoms with E-state index in [1.165, 1.54) is 50.1 Å². The third-order valence-corrected chi connectivity index (χ3v) is 7.82. The van der Waals surface area contributed by atoms with E-state index in [9.17, 15) is 0 Å². The molecule has 0 spiro atoms. The van der Waals surface area contributed by atoms with Gasteiger partial charge in [0.1, 0.15) is 0 Å². The molecule has 1 heterocycles. The average molecular weight is 434 g/mol. The van der Waals surface area contributed by atoms with Crippen molar-refractivity contribution in [2.45, 2.75) is 107 Å². The summed E-state index contributed by atoms with van der Waals surface area (Å²) in [5.74, 6) is 1.78. The van der Waals surface area contributed by atoms with E-state index in [2.05, 4.69) is 83.7 Å². The van der Waals surface area contributed by atoms with Gasteiger partial charge in [0, 0.05) is 33.2 Å². The highest BCUT2D eigenvalue weighted by atomic mass is 15.4. The second kappa shape index (κ2) is 11.8. The van der Waals surface area contributed by atoms with Crippen molar-refractivity contribution in [3.63, 3.8) is 0 Å². The van der Waals surface area contributed by atoms with Crippen LogP contribution in [0.15, 0.2) is 17.1 Å². The van der Waals surface area contributed by atoms with Crippen LogP contribution < -0.4 is 0 Å². The van der Waals surface area contributed by atoms with Crippen LogP contribution in [0, 0.1) is 22.2 Å². The summed E-state index contributed by atoms with van der Waals surface area (Å²) in [6, 6.07) is 0. The van der Waals surface area contributed by atoms with Gasteiger partial charge in [-0.1, -0.05) is 87.3 Å². The van der Waals surface area contributed by atoms with Crippen LogP contribution in [0.3, 0.4) is 0 Å². The number of aliphatic imine (C=N–C) groups is 1. The van der Waals surface area contributed by atoms with Crippen molar-refractivity contribution < 1.29 is 0 Å². The van der Waals surface area contributed by atoms with E-state index < -0.39 is 0 Å². The molecule has 1 unspecified atom stereocenters. The van der Waals surface area contributed by atoms with E-state index in [1.807, 2.05) is 7.05 Å². The molecular formula is C28H55N3. The van der Waals surface area contributed by atoms with Gasteiger partial charge >= 0.3 is 0 Å². The lowest BCUT2D eigenvalue weighted by Gasteiger charge is -2.35. The van der Waals surface area contributed by atoms with Crippen molar-refractivity contribution in [3.05, 3.63) is 12.2 Å². The Morgan fingerprint density at radius 1 is 0.935 bits per heavy atom. The van der Waals surface area contributed by atoms with E-state index in [1.54, 1.807) is 0 Å². The van der Waals surface area contributed by atoms with E-state index in [0.717, 1.165) is 32.6 Å². The maximum absolute atomic E-state index is 4.67. The van der Waals surface area contributed by atoms with Gasteiger partial charge in [-0.05, 0) is 54.3 Å². The molecule has 0 aliphatic carbocycles. The van der Waals surface area contributed by atoms with E-state index in [-0.39, 0.29) is 0 Å². The van der Waals surface area contributed by atoms with Gasteiger partial charge in [0.15, 0.2) is 5.96 Å². The molecule has 182 valence electrons. The molecule has 0 bridgehead atoms. The first-order valence-electron chi connectivity index (χ1n) is 12.9. The lowest BCUT2D eigenvalue weighted by Crippen LogP contribution is -2.35. The third kappa shape index (κ3) is 9.58. The molecule has 1 aliphatic heterocycles. The Bertz CT molecular complexity index is 585. The van der Waals surface area contributed by atoms with Gasteiger partial charge in [0.05, 0.1) is 0 Å². The van der Waals surface area contributed by atoms with Crippen molar-refractivity contribution in [1.29, 1.82) is 0 Å². The molecule has 1 rings (SSSR count). The number of guanidine groups is 1. The van der Waals surface area contributed by atoms with E-state index >= 15 is 0 Å². The number of hydrogen-bond donors (Lipinski definition) is 0. The van der Waals surface area contributed by atoms with E-state index in [0.29, 0.717) is 22.2 Å². The van der Waals surface area contributed by atoms with Gasteiger partial charge < -0.3 is 9.80 Å². The second-order valence-electron chi connectivity index (χ2n) is 12.5. The summed E-state index contributed by atoms with van der Waals surface area (Å²) in [5.41, 5.74) is 2.65. The van der Waals surface area contributed by atoms with Crippen LogP contribution in [0.25, 0.3) is 0 Å². The molecule has 0 saturated carbocycles. The van der Waals surface area contributed by atoms with Crippen LogP contribution >= 0.6 is 0 Å². The molecule has 1 saturated heterocycles. The highest BCUT2D eigenvalue weighted by molar-refractivity contribution is 5.81. The van der Waals surface area contributed by atoms with Gasteiger partial charge in [-0.25, -0.2) is 0 Å². The summed E-state index contributed by atoms with van der Waals surface area (Å²) in [6.07, 6.45) is 8.61. The van der Waals surface area contributed by atoms with Crippen molar-refractivity contribution >= 4 is 5.96 Å². The fourth-order valence-electron chi connectivity index (χ4n) is 5.25. The molecule has 1 atom stereocenters. The molecule has 3 heteroatoms. The molecule has 0 amide bonds. The Labute approximate surface area is 195 Å². The molecule has 1 aliphatic rings. The van der Waals surface area contributed by atoms with Crippen molar-refractivity contribution in [2.75, 3.05) is 33.2 Å². The van der Waals surface area contributed by atoms with Crippen LogP contribution in [-0.4, -0.2) is 49.0 Å². The molecule has 0 aromatic heterocycles. The Morgan fingerprint density at radius 2 is 1.48 bits per heavy atom. The molecule has 0 aromatic carbocycles. The van der Waals surface area contributed by atoms with Crippen molar-refractivity contribution in [1.82, 2.24) is 9.80 Å². The first-order chi connectivity index (χ1) is 14.3. The Morgan fingerprint density at radius 3 is 2.00 bits per heavy atom. The highest BCUT2D eigenvalue weighted by Gasteiger charge is 2.29. The molecule has 0 aromatic rings. The molecule has 1 fully saturated rings. The quantitative estimate of drug-likeness (QED) is 0.262. The van der Waals surface area contributed by atoms with Gasteiger partial charge in [0.25, 0.3) is 0 Å². The van der Waals surface area contributed by atoms with Gasteiger partial charge in [-0.2, -0.15) is 0 Å². The number of nitrogens with zero attached hydrogens (tertiary/aromatic N) is 3. The largest absolute Gasteiger partial charge is 0.341 e. The summed E-state index contributed by atoms with van der Waals surface area (Å²) < 4.78 is 0. The van der Waals surface area contributed by atoms with Crippen LogP contribution in [0.5, 0.6) is 0 Å². The van der Waals surface area contributed by atoms with Crippen LogP contribution in [0.1, 0.15) is 107 Å². The molecule has 3 nitrogen and oxygen atoms in total. The Balaban J connectivity index is 2.50. The Hall–Kier alpha value is -0.990. The van der Waals surface area contributed by atoms with Crippen LogP contribution in [-0.2, 0) is 0 Å². The van der Waals surface area contributed by atoms with Crippen molar-refractivity contribution in [3.8, 4) is 0 Å². The first kappa shape index (κ1) is 28.0. The Kier molecular flexibility index (Phi) is 10.6. The predicted molar refractivity (Wildman–Crippen MR) is 140 cm³/mol. The van der Waals surface area contributed by atoms with E-state index in [4.69, 9.17) is 0 Å². The standard InChI is InChI=1S/C28H55N3/c1-12-26(5,6)21-24(4)23(3)15-18-31-20-19-30(25(31)29-11)17-14-16-28(9,10)22-27(7,8)13-2/h24H,3,12-22H2,1-2,4-11H3/b29-25-. The average Bonchev–Trinajstić information content (AvgIpc) is 3.06. The fourth-order valence-corrected chi connectivity index (χ4v) is 5.25. The lowest BCUT2D eigenvalue weighted by molar-refractivity contribution is 0.171. The molecule has 0 radical (unpaired) electrons. The summed E-state index contributed by atoms with van der Waals surface area (Å²) in [6.45, 7) is 30.3. The maximum Gasteiger partial charge on any atom is 0.196 e. The molecular weight excluding hydrogens is 378 g/mol. The SMILES string of the molecule is C=C(CCN1CCN(CCCC(C)(C)CC(C)(C)CC)/C1=N/C)C(C)CC(C)(C)CC. The maximum atomic E-state index is 4.67. The second-order valence-corrected chi connectivity index (χ2v) is 12.5. The summed E-state index contributed by atoms with van der Waals surface area (Å²) >= 11 is 0. The van der Waals surface area contributed by atoms with Crippen LogP contribution in [0.2, 0.25) is 0 Å². The smallest absolute Gasteiger partial charge is 0.196 e. The topological polar surface area (TPSA) is 18.8 Å². The number of rotatable bonds is 14. The minimum absolute atomic E-state index is 0.405. The first-order valence-corrected chi connectivity index (χ1v) is 12.9. The zero-order valence-electron chi connectivity index (χ0n) is 22.9. The van der Waals surface area contributed by atoms with Crippen molar-refractivity contribution in [2.24, 2.45) is 27.2 Å². The summed E-state index contributed by atoms with van der Waals surface area (Å²) in [7, 11) is 1.95.